The highest BCUT2D eigenvalue weighted by molar-refractivity contribution is 9.10. The van der Waals surface area contributed by atoms with Crippen molar-refractivity contribution >= 4 is 31.9 Å². The molecule has 2 aromatic heterocycles. The molecule has 84 valence electrons. The number of furan rings is 1. The fraction of sp³-hybridized carbons (Fsp3) is 0.182. The molecule has 0 fully saturated rings. The highest BCUT2D eigenvalue weighted by Gasteiger charge is 2.12. The summed E-state index contributed by atoms with van der Waals surface area (Å²) in [6.07, 6.45) is 3.26. The van der Waals surface area contributed by atoms with E-state index in [1.165, 1.54) is 0 Å². The number of aliphatic hydroxyl groups is 1. The monoisotopic (exact) mass is 345 g/mol. The minimum absolute atomic E-state index is 0.479. The Labute approximate surface area is 110 Å². The minimum atomic E-state index is -0.651. The normalized spacial score (nSPS) is 12.7. The van der Waals surface area contributed by atoms with Gasteiger partial charge in [0.25, 0.3) is 0 Å². The van der Waals surface area contributed by atoms with E-state index in [9.17, 15) is 5.11 Å². The second-order valence-corrected chi connectivity index (χ2v) is 5.07. The second kappa shape index (κ2) is 5.12. The summed E-state index contributed by atoms with van der Waals surface area (Å²) in [4.78, 5) is 4.04. The van der Waals surface area contributed by atoms with Gasteiger partial charge >= 0.3 is 0 Å². The van der Waals surface area contributed by atoms with Gasteiger partial charge in [0.1, 0.15) is 11.9 Å². The van der Waals surface area contributed by atoms with Gasteiger partial charge in [-0.25, -0.2) is 0 Å². The van der Waals surface area contributed by atoms with Gasteiger partial charge in [-0.1, -0.05) is 0 Å². The Bertz CT molecular complexity index is 484. The summed E-state index contributed by atoms with van der Waals surface area (Å²) in [5.41, 5.74) is 0.953. The second-order valence-electron chi connectivity index (χ2n) is 3.37. The van der Waals surface area contributed by atoms with Crippen molar-refractivity contribution in [2.75, 3.05) is 0 Å². The van der Waals surface area contributed by atoms with E-state index in [1.54, 1.807) is 24.5 Å². The third kappa shape index (κ3) is 2.93. The molecule has 0 aliphatic rings. The first-order valence-corrected chi connectivity index (χ1v) is 6.26. The summed E-state index contributed by atoms with van der Waals surface area (Å²) >= 11 is 6.54. The molecule has 0 saturated heterocycles. The molecule has 0 spiro atoms. The molecular formula is C11H9Br2NO2. The van der Waals surface area contributed by atoms with Crippen LogP contribution in [-0.4, -0.2) is 10.1 Å². The lowest BCUT2D eigenvalue weighted by atomic mass is 10.1. The molecule has 0 aromatic carbocycles. The quantitative estimate of drug-likeness (QED) is 0.925. The van der Waals surface area contributed by atoms with Crippen molar-refractivity contribution in [2.45, 2.75) is 12.5 Å². The van der Waals surface area contributed by atoms with Gasteiger partial charge in [0.15, 0.2) is 4.67 Å². The molecular weight excluding hydrogens is 338 g/mol. The molecule has 0 amide bonds. The zero-order valence-electron chi connectivity index (χ0n) is 8.23. The molecule has 2 rings (SSSR count). The molecule has 2 aromatic rings. The zero-order chi connectivity index (χ0) is 11.5. The Morgan fingerprint density at radius 3 is 2.75 bits per heavy atom. The standard InChI is InChI=1S/C11H9Br2NO2/c12-8-3-7(5-14-6-8)4-9(15)10-1-2-11(13)16-10/h1-3,5-6,9,15H,4H2. The van der Waals surface area contributed by atoms with E-state index in [4.69, 9.17) is 4.42 Å². The molecule has 0 saturated carbocycles. The maximum atomic E-state index is 9.92. The molecule has 1 atom stereocenters. The molecule has 3 nitrogen and oxygen atoms in total. The molecule has 1 unspecified atom stereocenters. The van der Waals surface area contributed by atoms with Crippen molar-refractivity contribution in [2.24, 2.45) is 0 Å². The Morgan fingerprint density at radius 2 is 2.12 bits per heavy atom. The predicted molar refractivity (Wildman–Crippen MR) is 67.0 cm³/mol. The summed E-state index contributed by atoms with van der Waals surface area (Å²) in [5.74, 6) is 0.548. The van der Waals surface area contributed by atoms with Crippen molar-refractivity contribution in [1.29, 1.82) is 0 Å². The van der Waals surface area contributed by atoms with Crippen molar-refractivity contribution in [3.05, 3.63) is 51.1 Å². The number of halogens is 2. The number of hydrogen-bond acceptors (Lipinski definition) is 3. The van der Waals surface area contributed by atoms with Crippen molar-refractivity contribution < 1.29 is 9.52 Å². The maximum Gasteiger partial charge on any atom is 0.169 e. The molecule has 2 heterocycles. The van der Waals surface area contributed by atoms with E-state index in [0.717, 1.165) is 10.0 Å². The van der Waals surface area contributed by atoms with Crippen LogP contribution in [0.2, 0.25) is 0 Å². The van der Waals surface area contributed by atoms with Crippen LogP contribution < -0.4 is 0 Å². The van der Waals surface area contributed by atoms with E-state index in [0.29, 0.717) is 16.9 Å². The first-order chi connectivity index (χ1) is 7.65. The van der Waals surface area contributed by atoms with Gasteiger partial charge in [0, 0.05) is 23.3 Å². The van der Waals surface area contributed by atoms with Crippen LogP contribution in [0.3, 0.4) is 0 Å². The molecule has 1 N–H and O–H groups in total. The molecule has 16 heavy (non-hydrogen) atoms. The topological polar surface area (TPSA) is 46.3 Å². The average Bonchev–Trinajstić information content (AvgIpc) is 2.65. The van der Waals surface area contributed by atoms with E-state index < -0.39 is 6.10 Å². The predicted octanol–water partition coefficient (Wildman–Crippen LogP) is 3.48. The molecule has 5 heteroatoms. The lowest BCUT2D eigenvalue weighted by Gasteiger charge is -2.07. The van der Waals surface area contributed by atoms with Crippen LogP contribution in [0.4, 0.5) is 0 Å². The van der Waals surface area contributed by atoms with Gasteiger partial charge in [-0.3, -0.25) is 4.98 Å². The number of nitrogens with zero attached hydrogens (tertiary/aromatic N) is 1. The summed E-state index contributed by atoms with van der Waals surface area (Å²) in [5, 5.41) is 9.92. The summed E-state index contributed by atoms with van der Waals surface area (Å²) in [6, 6.07) is 5.44. The van der Waals surface area contributed by atoms with Gasteiger partial charge in [0.05, 0.1) is 0 Å². The zero-order valence-corrected chi connectivity index (χ0v) is 11.4. The third-order valence-electron chi connectivity index (χ3n) is 2.11. The van der Waals surface area contributed by atoms with Gasteiger partial charge < -0.3 is 9.52 Å². The third-order valence-corrected chi connectivity index (χ3v) is 2.97. The Hall–Kier alpha value is -0.650. The van der Waals surface area contributed by atoms with Crippen molar-refractivity contribution in [1.82, 2.24) is 4.98 Å². The SMILES string of the molecule is OC(Cc1cncc(Br)c1)c1ccc(Br)o1. The molecule has 0 bridgehead atoms. The fourth-order valence-electron chi connectivity index (χ4n) is 1.40. The van der Waals surface area contributed by atoms with Crippen molar-refractivity contribution in [3.8, 4) is 0 Å². The lowest BCUT2D eigenvalue weighted by Crippen LogP contribution is -2.00. The Balaban J connectivity index is 2.10. The summed E-state index contributed by atoms with van der Waals surface area (Å²) in [7, 11) is 0. The highest BCUT2D eigenvalue weighted by Crippen LogP contribution is 2.23. The summed E-state index contributed by atoms with van der Waals surface area (Å²) in [6.45, 7) is 0. The number of hydrogen-bond donors (Lipinski definition) is 1. The number of aromatic nitrogens is 1. The highest BCUT2D eigenvalue weighted by atomic mass is 79.9. The molecule has 0 aliphatic carbocycles. The number of aliphatic hydroxyl groups excluding tert-OH is 1. The first kappa shape index (κ1) is 11.8. The van der Waals surface area contributed by atoms with Crippen LogP contribution >= 0.6 is 31.9 Å². The van der Waals surface area contributed by atoms with Crippen LogP contribution in [0.1, 0.15) is 17.4 Å². The Morgan fingerprint density at radius 1 is 1.31 bits per heavy atom. The minimum Gasteiger partial charge on any atom is -0.452 e. The smallest absolute Gasteiger partial charge is 0.169 e. The Kier molecular flexibility index (Phi) is 3.78. The van der Waals surface area contributed by atoms with Crippen LogP contribution in [0, 0.1) is 0 Å². The van der Waals surface area contributed by atoms with Gasteiger partial charge in [-0.05, 0) is 55.6 Å². The van der Waals surface area contributed by atoms with E-state index in [-0.39, 0.29) is 0 Å². The average molecular weight is 347 g/mol. The van der Waals surface area contributed by atoms with Gasteiger partial charge in [-0.2, -0.15) is 0 Å². The fourth-order valence-corrected chi connectivity index (χ4v) is 2.13. The van der Waals surface area contributed by atoms with E-state index in [2.05, 4.69) is 36.8 Å². The number of rotatable bonds is 3. The van der Waals surface area contributed by atoms with Gasteiger partial charge in [-0.15, -0.1) is 0 Å². The lowest BCUT2D eigenvalue weighted by molar-refractivity contribution is 0.148. The van der Waals surface area contributed by atoms with Crippen LogP contribution in [0.15, 0.2) is 44.2 Å². The molecule has 0 radical (unpaired) electrons. The first-order valence-electron chi connectivity index (χ1n) is 4.68. The maximum absolute atomic E-state index is 9.92. The van der Waals surface area contributed by atoms with Crippen LogP contribution in [-0.2, 0) is 6.42 Å². The van der Waals surface area contributed by atoms with E-state index >= 15 is 0 Å². The molecule has 0 aliphatic heterocycles. The van der Waals surface area contributed by atoms with Gasteiger partial charge in [0.2, 0.25) is 0 Å². The van der Waals surface area contributed by atoms with Crippen LogP contribution in [0.25, 0.3) is 0 Å². The van der Waals surface area contributed by atoms with Crippen molar-refractivity contribution in [3.63, 3.8) is 0 Å². The largest absolute Gasteiger partial charge is 0.452 e. The van der Waals surface area contributed by atoms with E-state index in [1.807, 2.05) is 6.07 Å². The number of pyridine rings is 1. The van der Waals surface area contributed by atoms with Crippen LogP contribution in [0.5, 0.6) is 0 Å². The summed E-state index contributed by atoms with van der Waals surface area (Å²) < 4.78 is 6.80.